The van der Waals surface area contributed by atoms with Gasteiger partial charge in [0, 0.05) is 0 Å². The van der Waals surface area contributed by atoms with Crippen LogP contribution in [0.5, 0.6) is 0 Å². The Balaban J connectivity index is 1.05. The van der Waals surface area contributed by atoms with E-state index in [1.54, 1.807) is 0 Å². The monoisotopic (exact) mass is 853 g/mol. The Morgan fingerprint density at radius 1 is 0.466 bits per heavy atom. The second-order valence-corrected chi connectivity index (χ2v) is 18.9. The predicted octanol–water partition coefficient (Wildman–Crippen LogP) is 11.5. The molecule has 0 N–H and O–H groups in total. The third-order valence-electron chi connectivity index (χ3n) is 12.5. The summed E-state index contributed by atoms with van der Waals surface area (Å²) in [5, 5.41) is 5.07. The number of rotatable bonds is 5. The SMILES string of the molecule is CC1(C)c2ccccc2-c2c(N(c3ccccc3)c3cccc4c3-c3cc(-c5ccc6c(c5)c5ccc7ccccc7c5n6-c5ccccc5)ccc3[I-]4)cccc21. The number of para-hydroxylation sites is 2. The van der Waals surface area contributed by atoms with Crippen molar-refractivity contribution in [2.75, 3.05) is 4.90 Å². The third-order valence-corrected chi connectivity index (χ3v) is 15.5. The molecular weight excluding hydrogens is 816 g/mol. The quantitative estimate of drug-likeness (QED) is 0.157. The summed E-state index contributed by atoms with van der Waals surface area (Å²) in [5.74, 6) is 0. The Morgan fingerprint density at radius 2 is 1.16 bits per heavy atom. The van der Waals surface area contributed by atoms with Gasteiger partial charge in [-0.2, -0.15) is 0 Å². The number of hydrogen-bond acceptors (Lipinski definition) is 1. The molecule has 0 radical (unpaired) electrons. The van der Waals surface area contributed by atoms with Crippen LogP contribution in [0.25, 0.3) is 71.6 Å². The first-order chi connectivity index (χ1) is 28.5. The summed E-state index contributed by atoms with van der Waals surface area (Å²) in [6.45, 7) is 4.74. The van der Waals surface area contributed by atoms with E-state index in [2.05, 4.69) is 217 Å². The molecule has 12 rings (SSSR count). The maximum absolute atomic E-state index is 2.54. The Hall–Kier alpha value is -6.43. The van der Waals surface area contributed by atoms with Crippen LogP contribution in [0.15, 0.2) is 194 Å². The molecule has 3 heteroatoms. The van der Waals surface area contributed by atoms with Gasteiger partial charge in [-0.1, -0.05) is 12.1 Å². The fraction of sp³-hybridized carbons (Fsp3) is 0.0545. The Morgan fingerprint density at radius 3 is 2.02 bits per heavy atom. The van der Waals surface area contributed by atoms with E-state index < -0.39 is 0 Å². The van der Waals surface area contributed by atoms with Crippen molar-refractivity contribution >= 4 is 49.6 Å². The second-order valence-electron chi connectivity index (χ2n) is 16.1. The van der Waals surface area contributed by atoms with Gasteiger partial charge in [0.15, 0.2) is 0 Å². The average molecular weight is 854 g/mol. The van der Waals surface area contributed by atoms with E-state index >= 15 is 0 Å². The summed E-state index contributed by atoms with van der Waals surface area (Å²) in [6.07, 6.45) is 0. The minimum atomic E-state index is -0.350. The number of aromatic nitrogens is 1. The van der Waals surface area contributed by atoms with Crippen molar-refractivity contribution in [3.8, 4) is 39.1 Å². The molecule has 10 aromatic rings. The van der Waals surface area contributed by atoms with Crippen LogP contribution in [0.4, 0.5) is 17.1 Å². The van der Waals surface area contributed by atoms with Gasteiger partial charge in [0.1, 0.15) is 0 Å². The van der Waals surface area contributed by atoms with E-state index in [4.69, 9.17) is 0 Å². The van der Waals surface area contributed by atoms with E-state index in [9.17, 15) is 0 Å². The molecule has 0 bridgehead atoms. The number of benzene rings is 9. The van der Waals surface area contributed by atoms with Crippen LogP contribution in [0.3, 0.4) is 0 Å². The number of anilines is 3. The fourth-order valence-corrected chi connectivity index (χ4v) is 12.8. The van der Waals surface area contributed by atoms with E-state index in [1.807, 2.05) is 0 Å². The van der Waals surface area contributed by atoms with Crippen LogP contribution in [-0.4, -0.2) is 4.57 Å². The Bertz CT molecular complexity index is 3280. The molecule has 0 unspecified atom stereocenters. The standard InChI is InChI=1S/C55H38IN2/c1-55(2)45-22-12-11-21-42(45)52-46(55)23-13-25-50(52)57(38-16-5-3-6-17-38)51-26-14-24-48-53(51)44-34-36(28-31-47(44)56-48)37-29-32-49-43(33-37)41-30-27-35-15-9-10-20-40(35)54(41)58(49)39-18-7-4-8-19-39/h3-34H,1-2H3/q-1. The first kappa shape index (κ1) is 33.7. The Labute approximate surface area is 348 Å². The van der Waals surface area contributed by atoms with Crippen LogP contribution in [0.2, 0.25) is 0 Å². The first-order valence-electron chi connectivity index (χ1n) is 20.1. The molecule has 1 aliphatic heterocycles. The molecule has 0 saturated carbocycles. The van der Waals surface area contributed by atoms with Gasteiger partial charge < -0.3 is 0 Å². The van der Waals surface area contributed by atoms with Crippen LogP contribution in [-0.2, 0) is 5.41 Å². The van der Waals surface area contributed by atoms with E-state index in [1.165, 1.54) is 107 Å². The van der Waals surface area contributed by atoms with Gasteiger partial charge in [0.2, 0.25) is 0 Å². The molecule has 2 heterocycles. The molecule has 2 aliphatic rings. The topological polar surface area (TPSA) is 8.17 Å². The predicted molar refractivity (Wildman–Crippen MR) is 239 cm³/mol. The summed E-state index contributed by atoms with van der Waals surface area (Å²) in [5.41, 5.74) is 17.9. The molecule has 0 atom stereocenters. The molecule has 1 aliphatic carbocycles. The molecule has 0 amide bonds. The van der Waals surface area contributed by atoms with Crippen molar-refractivity contribution in [3.05, 3.63) is 212 Å². The first-order valence-corrected chi connectivity index (χ1v) is 22.2. The molecule has 2 nitrogen and oxygen atoms in total. The van der Waals surface area contributed by atoms with Crippen LogP contribution in [0.1, 0.15) is 25.0 Å². The van der Waals surface area contributed by atoms with E-state index in [0.29, 0.717) is 0 Å². The van der Waals surface area contributed by atoms with Gasteiger partial charge in [-0.25, -0.2) is 0 Å². The molecule has 1 aromatic heterocycles. The van der Waals surface area contributed by atoms with E-state index in [0.717, 1.165) is 0 Å². The van der Waals surface area contributed by atoms with Crippen molar-refractivity contribution in [2.45, 2.75) is 19.3 Å². The minimum absolute atomic E-state index is 0.0858. The van der Waals surface area contributed by atoms with Crippen molar-refractivity contribution in [1.82, 2.24) is 4.57 Å². The van der Waals surface area contributed by atoms with Gasteiger partial charge in [-0.05, 0) is 0 Å². The van der Waals surface area contributed by atoms with Crippen molar-refractivity contribution in [2.24, 2.45) is 0 Å². The second kappa shape index (κ2) is 12.8. The van der Waals surface area contributed by atoms with Crippen LogP contribution < -0.4 is 26.1 Å². The van der Waals surface area contributed by atoms with E-state index in [-0.39, 0.29) is 26.6 Å². The number of hydrogen-bond donors (Lipinski definition) is 0. The zero-order valence-corrected chi connectivity index (χ0v) is 34.4. The summed E-state index contributed by atoms with van der Waals surface area (Å²) >= 11 is -0.350. The molecule has 276 valence electrons. The summed E-state index contributed by atoms with van der Waals surface area (Å²) in [7, 11) is 0. The van der Waals surface area contributed by atoms with Crippen molar-refractivity contribution < 1.29 is 21.2 Å². The van der Waals surface area contributed by atoms with Crippen LogP contribution >= 0.6 is 0 Å². The van der Waals surface area contributed by atoms with Crippen molar-refractivity contribution in [1.29, 1.82) is 0 Å². The van der Waals surface area contributed by atoms with Crippen LogP contribution in [0, 0.1) is 7.14 Å². The van der Waals surface area contributed by atoms with Gasteiger partial charge in [-0.15, -0.1) is 0 Å². The molecule has 58 heavy (non-hydrogen) atoms. The molecular formula is C55H38IN2-. The number of halogens is 1. The zero-order valence-electron chi connectivity index (χ0n) is 32.2. The number of fused-ring (bicyclic) bond motifs is 11. The van der Waals surface area contributed by atoms with Crippen molar-refractivity contribution in [3.63, 3.8) is 0 Å². The van der Waals surface area contributed by atoms with Gasteiger partial charge in [-0.3, -0.25) is 0 Å². The normalized spacial score (nSPS) is 13.6. The van der Waals surface area contributed by atoms with Gasteiger partial charge >= 0.3 is 339 Å². The average Bonchev–Trinajstić information content (AvgIpc) is 3.90. The summed E-state index contributed by atoms with van der Waals surface area (Å²) in [6, 6.07) is 72.4. The molecule has 0 spiro atoms. The summed E-state index contributed by atoms with van der Waals surface area (Å²) < 4.78 is 5.41. The third kappa shape index (κ3) is 4.89. The Kier molecular flexibility index (Phi) is 7.43. The molecule has 0 fully saturated rings. The summed E-state index contributed by atoms with van der Waals surface area (Å²) in [4.78, 5) is 2.54. The molecule has 0 saturated heterocycles. The zero-order chi connectivity index (χ0) is 38.5. The number of nitrogens with zero attached hydrogens (tertiary/aromatic N) is 2. The van der Waals surface area contributed by atoms with Gasteiger partial charge in [0.05, 0.1) is 0 Å². The maximum atomic E-state index is 2.54. The van der Waals surface area contributed by atoms with Gasteiger partial charge in [0.25, 0.3) is 0 Å². The molecule has 9 aromatic carbocycles. The fourth-order valence-electron chi connectivity index (χ4n) is 9.84.